The number of rotatable bonds is 5. The molecule has 0 aromatic heterocycles. The highest BCUT2D eigenvalue weighted by molar-refractivity contribution is 5.94. The van der Waals surface area contributed by atoms with Crippen LogP contribution in [-0.4, -0.2) is 23.7 Å². The van der Waals surface area contributed by atoms with Crippen molar-refractivity contribution in [2.45, 2.75) is 57.4 Å². The van der Waals surface area contributed by atoms with E-state index in [4.69, 9.17) is 5.11 Å². The number of hydrogen-bond donors (Lipinski definition) is 2. The van der Waals surface area contributed by atoms with E-state index >= 15 is 0 Å². The summed E-state index contributed by atoms with van der Waals surface area (Å²) in [7, 11) is 0. The normalized spacial score (nSPS) is 17.7. The quantitative estimate of drug-likeness (QED) is 0.866. The third-order valence-corrected chi connectivity index (χ3v) is 4.30. The van der Waals surface area contributed by atoms with Crippen molar-refractivity contribution in [1.82, 2.24) is 5.32 Å². The molecular formula is C17H25NO2. The third kappa shape index (κ3) is 3.83. The minimum absolute atomic E-state index is 0.0115. The molecule has 3 nitrogen and oxygen atoms in total. The predicted octanol–water partition coefficient (Wildman–Crippen LogP) is 3.24. The Hall–Kier alpha value is -1.35. The van der Waals surface area contributed by atoms with Crippen molar-refractivity contribution in [3.8, 4) is 0 Å². The molecule has 2 N–H and O–H groups in total. The summed E-state index contributed by atoms with van der Waals surface area (Å²) in [5.41, 5.74) is 2.03. The van der Waals surface area contributed by atoms with Crippen LogP contribution >= 0.6 is 0 Å². The van der Waals surface area contributed by atoms with Gasteiger partial charge in [-0.15, -0.1) is 0 Å². The molecule has 0 unspecified atom stereocenters. The smallest absolute Gasteiger partial charge is 0.251 e. The van der Waals surface area contributed by atoms with Crippen molar-refractivity contribution in [1.29, 1.82) is 0 Å². The molecule has 1 aliphatic carbocycles. The lowest BCUT2D eigenvalue weighted by atomic mass is 9.84. The number of carbonyl (C=O) groups excluding carboxylic acids is 1. The Morgan fingerprint density at radius 2 is 1.90 bits per heavy atom. The molecule has 1 aliphatic rings. The van der Waals surface area contributed by atoms with Gasteiger partial charge in [0.1, 0.15) is 0 Å². The first-order valence-corrected chi connectivity index (χ1v) is 7.76. The van der Waals surface area contributed by atoms with E-state index in [0.717, 1.165) is 6.42 Å². The number of carbonyl (C=O) groups is 1. The van der Waals surface area contributed by atoms with E-state index in [-0.39, 0.29) is 18.6 Å². The van der Waals surface area contributed by atoms with Gasteiger partial charge in [-0.05, 0) is 42.9 Å². The molecule has 110 valence electrons. The Morgan fingerprint density at radius 1 is 1.25 bits per heavy atom. The van der Waals surface area contributed by atoms with Crippen LogP contribution in [0.3, 0.4) is 0 Å². The zero-order valence-corrected chi connectivity index (χ0v) is 12.3. The molecule has 1 amide bonds. The third-order valence-electron chi connectivity index (χ3n) is 4.30. The van der Waals surface area contributed by atoms with Crippen LogP contribution in [0.15, 0.2) is 24.3 Å². The summed E-state index contributed by atoms with van der Waals surface area (Å²) in [5, 5.41) is 12.0. The van der Waals surface area contributed by atoms with Crippen molar-refractivity contribution in [3.63, 3.8) is 0 Å². The van der Waals surface area contributed by atoms with E-state index in [1.807, 2.05) is 19.1 Å². The molecule has 2 rings (SSSR count). The van der Waals surface area contributed by atoms with Gasteiger partial charge in [0.15, 0.2) is 0 Å². The van der Waals surface area contributed by atoms with Crippen LogP contribution < -0.4 is 5.32 Å². The van der Waals surface area contributed by atoms with E-state index < -0.39 is 0 Å². The Labute approximate surface area is 121 Å². The van der Waals surface area contributed by atoms with Crippen molar-refractivity contribution in [2.24, 2.45) is 0 Å². The van der Waals surface area contributed by atoms with E-state index in [9.17, 15) is 4.79 Å². The van der Waals surface area contributed by atoms with E-state index in [0.29, 0.717) is 11.5 Å². The summed E-state index contributed by atoms with van der Waals surface area (Å²) in [4.78, 5) is 12.0. The molecule has 1 fully saturated rings. The minimum Gasteiger partial charge on any atom is -0.394 e. The largest absolute Gasteiger partial charge is 0.394 e. The van der Waals surface area contributed by atoms with E-state index in [1.165, 1.54) is 37.7 Å². The lowest BCUT2D eigenvalue weighted by Gasteiger charge is -2.22. The second kappa shape index (κ2) is 7.44. The minimum atomic E-state index is -0.152. The van der Waals surface area contributed by atoms with Gasteiger partial charge in [0.25, 0.3) is 5.91 Å². The van der Waals surface area contributed by atoms with Crippen LogP contribution in [0.1, 0.15) is 67.3 Å². The monoisotopic (exact) mass is 275 g/mol. The maximum atomic E-state index is 12.0. The first-order valence-electron chi connectivity index (χ1n) is 7.76. The second-order valence-electron chi connectivity index (χ2n) is 5.72. The first kappa shape index (κ1) is 15.0. The van der Waals surface area contributed by atoms with Crippen molar-refractivity contribution in [3.05, 3.63) is 35.4 Å². The average Bonchev–Trinajstić information content (AvgIpc) is 2.53. The average molecular weight is 275 g/mol. The summed E-state index contributed by atoms with van der Waals surface area (Å²) in [5.74, 6) is 0.572. The second-order valence-corrected chi connectivity index (χ2v) is 5.72. The standard InChI is InChI=1S/C17H25NO2/c1-2-16(12-19)18-17(20)15-10-8-14(9-11-15)13-6-4-3-5-7-13/h8-11,13,16,19H,2-7,12H2,1H3,(H,18,20)/t16-/m1/s1. The molecule has 0 saturated heterocycles. The van der Waals surface area contributed by atoms with Crippen LogP contribution in [0.2, 0.25) is 0 Å². The molecule has 0 aliphatic heterocycles. The predicted molar refractivity (Wildman–Crippen MR) is 80.9 cm³/mol. The van der Waals surface area contributed by atoms with Gasteiger partial charge in [-0.25, -0.2) is 0 Å². The van der Waals surface area contributed by atoms with Crippen LogP contribution in [0.4, 0.5) is 0 Å². The maximum Gasteiger partial charge on any atom is 0.251 e. The zero-order chi connectivity index (χ0) is 14.4. The molecule has 0 spiro atoms. The number of nitrogens with one attached hydrogen (secondary N) is 1. The van der Waals surface area contributed by atoms with Crippen molar-refractivity contribution >= 4 is 5.91 Å². The molecule has 20 heavy (non-hydrogen) atoms. The summed E-state index contributed by atoms with van der Waals surface area (Å²) in [6, 6.07) is 7.84. The van der Waals surface area contributed by atoms with Gasteiger partial charge >= 0.3 is 0 Å². The van der Waals surface area contributed by atoms with Gasteiger partial charge < -0.3 is 10.4 Å². The highest BCUT2D eigenvalue weighted by Crippen LogP contribution is 2.32. The molecular weight excluding hydrogens is 250 g/mol. The summed E-state index contributed by atoms with van der Waals surface area (Å²) < 4.78 is 0. The SMILES string of the molecule is CC[C@H](CO)NC(=O)c1ccc(C2CCCCC2)cc1. The van der Waals surface area contributed by atoms with Crippen molar-refractivity contribution < 1.29 is 9.90 Å². The zero-order valence-electron chi connectivity index (χ0n) is 12.3. The lowest BCUT2D eigenvalue weighted by Crippen LogP contribution is -2.36. The molecule has 1 aromatic rings. The van der Waals surface area contributed by atoms with Crippen LogP contribution in [0.5, 0.6) is 0 Å². The van der Waals surface area contributed by atoms with E-state index in [2.05, 4.69) is 17.4 Å². The van der Waals surface area contributed by atoms with Crippen LogP contribution in [0.25, 0.3) is 0 Å². The number of benzene rings is 1. The summed E-state index contributed by atoms with van der Waals surface area (Å²) in [6.45, 7) is 1.94. The lowest BCUT2D eigenvalue weighted by molar-refractivity contribution is 0.0915. The topological polar surface area (TPSA) is 49.3 Å². The summed E-state index contributed by atoms with van der Waals surface area (Å²) >= 11 is 0. The number of aliphatic hydroxyl groups excluding tert-OH is 1. The van der Waals surface area contributed by atoms with Crippen molar-refractivity contribution in [2.75, 3.05) is 6.61 Å². The summed E-state index contributed by atoms with van der Waals surface area (Å²) in [6.07, 6.45) is 7.28. The molecule has 1 aromatic carbocycles. The van der Waals surface area contributed by atoms with Gasteiger partial charge in [0.2, 0.25) is 0 Å². The van der Waals surface area contributed by atoms with Gasteiger partial charge in [0.05, 0.1) is 12.6 Å². The molecule has 0 heterocycles. The van der Waals surface area contributed by atoms with Crippen LogP contribution in [0, 0.1) is 0 Å². The van der Waals surface area contributed by atoms with E-state index in [1.54, 1.807) is 0 Å². The molecule has 0 radical (unpaired) electrons. The molecule has 1 atom stereocenters. The van der Waals surface area contributed by atoms with Gasteiger partial charge in [-0.3, -0.25) is 4.79 Å². The molecule has 1 saturated carbocycles. The Morgan fingerprint density at radius 3 is 2.45 bits per heavy atom. The Balaban J connectivity index is 1.98. The fourth-order valence-electron chi connectivity index (χ4n) is 2.89. The first-order chi connectivity index (χ1) is 9.74. The number of hydrogen-bond acceptors (Lipinski definition) is 2. The van der Waals surface area contributed by atoms with Gasteiger partial charge in [0, 0.05) is 5.56 Å². The number of aliphatic hydroxyl groups is 1. The maximum absolute atomic E-state index is 12.0. The highest BCUT2D eigenvalue weighted by Gasteiger charge is 2.16. The molecule has 3 heteroatoms. The number of amides is 1. The van der Waals surface area contributed by atoms with Gasteiger partial charge in [-0.2, -0.15) is 0 Å². The molecule has 0 bridgehead atoms. The fourth-order valence-corrected chi connectivity index (χ4v) is 2.89. The van der Waals surface area contributed by atoms with Gasteiger partial charge in [-0.1, -0.05) is 38.3 Å². The Kier molecular flexibility index (Phi) is 5.60. The highest BCUT2D eigenvalue weighted by atomic mass is 16.3. The van der Waals surface area contributed by atoms with Crippen LogP contribution in [-0.2, 0) is 0 Å². The Bertz CT molecular complexity index is 417. The fraction of sp³-hybridized carbons (Fsp3) is 0.588.